The number of unbranched alkanes of at least 4 members (excludes halogenated alkanes) is 8. The molecule has 0 aromatic heterocycles. The molecule has 24 heavy (non-hydrogen) atoms. The van der Waals surface area contributed by atoms with Crippen molar-refractivity contribution in [2.45, 2.75) is 78.1 Å². The molecule has 1 N–H and O–H groups in total. The summed E-state index contributed by atoms with van der Waals surface area (Å²) >= 11 is 0. The fraction of sp³-hybridized carbons (Fsp3) is 0.632. The zero-order valence-corrected chi connectivity index (χ0v) is 15.1. The summed E-state index contributed by atoms with van der Waals surface area (Å²) in [4.78, 5) is 31.6. The molecule has 5 heteroatoms. The van der Waals surface area contributed by atoms with Gasteiger partial charge >= 0.3 is 17.9 Å². The van der Waals surface area contributed by atoms with Gasteiger partial charge in [-0.25, -0.2) is 9.59 Å². The van der Waals surface area contributed by atoms with Crippen LogP contribution in [0.15, 0.2) is 24.8 Å². The number of rotatable bonds is 12. The van der Waals surface area contributed by atoms with Gasteiger partial charge in [0.2, 0.25) is 0 Å². The van der Waals surface area contributed by atoms with E-state index in [0.29, 0.717) is 6.42 Å². The smallest absolute Gasteiger partial charge is 0.340 e. The Labute approximate surface area is 145 Å². The molecule has 5 nitrogen and oxygen atoms in total. The van der Waals surface area contributed by atoms with Gasteiger partial charge in [-0.1, -0.05) is 71.4 Å². The lowest BCUT2D eigenvalue weighted by Crippen LogP contribution is -2.12. The van der Waals surface area contributed by atoms with E-state index >= 15 is 0 Å². The molecule has 0 aromatic carbocycles. The molecule has 0 fully saturated rings. The van der Waals surface area contributed by atoms with Crippen molar-refractivity contribution >= 4 is 17.9 Å². The number of carboxylic acid groups (broad SMARTS) is 1. The van der Waals surface area contributed by atoms with E-state index in [9.17, 15) is 14.4 Å². The number of hydrogen-bond donors (Lipinski definition) is 1. The van der Waals surface area contributed by atoms with E-state index in [0.717, 1.165) is 25.3 Å². The van der Waals surface area contributed by atoms with Crippen molar-refractivity contribution in [1.82, 2.24) is 0 Å². The third-order valence-electron chi connectivity index (χ3n) is 3.21. The fourth-order valence-electron chi connectivity index (χ4n) is 1.82. The van der Waals surface area contributed by atoms with E-state index in [2.05, 4.69) is 24.8 Å². The zero-order valence-electron chi connectivity index (χ0n) is 15.1. The molecular formula is C19H32O5. The second kappa shape index (κ2) is 17.4. The molecule has 0 bridgehead atoms. The van der Waals surface area contributed by atoms with Gasteiger partial charge in [0, 0.05) is 18.1 Å². The Bertz CT molecular complexity index is 399. The average molecular weight is 340 g/mol. The standard InChI is InChI=1S/C16H28O3.C3H4O2/c1-4-5-6-7-8-9-10-11-12-13-15(17)19-16(18)14(2)3;1-2-3(4)5/h2,4-13H2,1,3H3;2H,1H2,(H,4,5). The summed E-state index contributed by atoms with van der Waals surface area (Å²) in [5, 5.41) is 7.60. The maximum Gasteiger partial charge on any atom is 0.340 e. The van der Waals surface area contributed by atoms with Gasteiger partial charge in [-0.2, -0.15) is 0 Å². The van der Waals surface area contributed by atoms with Gasteiger partial charge in [0.1, 0.15) is 0 Å². The Morgan fingerprint density at radius 2 is 1.38 bits per heavy atom. The van der Waals surface area contributed by atoms with Gasteiger partial charge in [0.25, 0.3) is 0 Å². The van der Waals surface area contributed by atoms with Crippen molar-refractivity contribution in [2.24, 2.45) is 0 Å². The second-order valence-electron chi connectivity index (χ2n) is 5.66. The highest BCUT2D eigenvalue weighted by Crippen LogP contribution is 2.10. The van der Waals surface area contributed by atoms with Crippen molar-refractivity contribution < 1.29 is 24.2 Å². The Balaban J connectivity index is 0. The van der Waals surface area contributed by atoms with Crippen molar-refractivity contribution in [3.63, 3.8) is 0 Å². The van der Waals surface area contributed by atoms with Crippen molar-refractivity contribution in [3.05, 3.63) is 24.8 Å². The van der Waals surface area contributed by atoms with Crippen LogP contribution in [0, 0.1) is 0 Å². The second-order valence-corrected chi connectivity index (χ2v) is 5.66. The van der Waals surface area contributed by atoms with E-state index in [4.69, 9.17) is 5.11 Å². The molecule has 0 amide bonds. The lowest BCUT2D eigenvalue weighted by molar-refractivity contribution is -0.157. The normalized spacial score (nSPS) is 9.42. The maximum absolute atomic E-state index is 11.3. The Morgan fingerprint density at radius 3 is 1.75 bits per heavy atom. The molecule has 0 radical (unpaired) electrons. The number of aliphatic carboxylic acids is 1. The lowest BCUT2D eigenvalue weighted by atomic mass is 10.1. The average Bonchev–Trinajstić information content (AvgIpc) is 2.53. The molecule has 0 aliphatic carbocycles. The molecule has 0 aliphatic rings. The zero-order chi connectivity index (χ0) is 18.8. The van der Waals surface area contributed by atoms with Crippen LogP contribution < -0.4 is 0 Å². The first-order valence-electron chi connectivity index (χ1n) is 8.61. The Morgan fingerprint density at radius 1 is 0.958 bits per heavy atom. The largest absolute Gasteiger partial charge is 0.478 e. The first kappa shape index (κ1) is 24.3. The van der Waals surface area contributed by atoms with Crippen LogP contribution in [0.25, 0.3) is 0 Å². The summed E-state index contributed by atoms with van der Waals surface area (Å²) in [6.45, 7) is 10.1. The van der Waals surface area contributed by atoms with E-state index < -0.39 is 17.9 Å². The molecule has 0 saturated heterocycles. The van der Waals surface area contributed by atoms with Crippen LogP contribution in [0.3, 0.4) is 0 Å². The van der Waals surface area contributed by atoms with Crippen LogP contribution in [0.5, 0.6) is 0 Å². The first-order chi connectivity index (χ1) is 11.3. The first-order valence-corrected chi connectivity index (χ1v) is 8.61. The number of carbonyl (C=O) groups excluding carboxylic acids is 2. The van der Waals surface area contributed by atoms with Gasteiger partial charge in [0.15, 0.2) is 0 Å². The minimum Gasteiger partial charge on any atom is -0.478 e. The third-order valence-corrected chi connectivity index (χ3v) is 3.21. The van der Waals surface area contributed by atoms with Crippen LogP contribution in [-0.4, -0.2) is 23.0 Å². The quantitative estimate of drug-likeness (QED) is 0.239. The van der Waals surface area contributed by atoms with E-state index in [1.807, 2.05) is 0 Å². The number of carbonyl (C=O) groups is 3. The summed E-state index contributed by atoms with van der Waals surface area (Å²) in [7, 11) is 0. The summed E-state index contributed by atoms with van der Waals surface area (Å²) in [6, 6.07) is 0. The van der Waals surface area contributed by atoms with E-state index in [1.54, 1.807) is 0 Å². The number of ether oxygens (including phenoxy) is 1. The van der Waals surface area contributed by atoms with Gasteiger partial charge in [0.05, 0.1) is 0 Å². The number of hydrogen-bond acceptors (Lipinski definition) is 4. The molecule has 0 aromatic rings. The van der Waals surface area contributed by atoms with Crippen molar-refractivity contribution in [3.8, 4) is 0 Å². The lowest BCUT2D eigenvalue weighted by Gasteiger charge is -2.03. The van der Waals surface area contributed by atoms with Crippen LogP contribution in [0.4, 0.5) is 0 Å². The predicted octanol–water partition coefficient (Wildman–Crippen LogP) is 4.81. The minimum atomic E-state index is -0.981. The molecule has 0 spiro atoms. The molecule has 138 valence electrons. The van der Waals surface area contributed by atoms with Crippen LogP contribution in [-0.2, 0) is 19.1 Å². The monoisotopic (exact) mass is 340 g/mol. The molecule has 0 saturated carbocycles. The highest BCUT2D eigenvalue weighted by atomic mass is 16.6. The van der Waals surface area contributed by atoms with Gasteiger partial charge < -0.3 is 9.84 Å². The molecule has 0 rings (SSSR count). The summed E-state index contributed by atoms with van der Waals surface area (Å²) in [5.74, 6) is -2.03. The summed E-state index contributed by atoms with van der Waals surface area (Å²) in [6.07, 6.45) is 12.0. The maximum atomic E-state index is 11.3. The van der Waals surface area contributed by atoms with E-state index in [1.165, 1.54) is 45.4 Å². The number of carboxylic acids is 1. The third kappa shape index (κ3) is 20.1. The Kier molecular flexibility index (Phi) is 17.7. The Hall–Kier alpha value is -1.91. The van der Waals surface area contributed by atoms with Crippen LogP contribution >= 0.6 is 0 Å². The highest BCUT2D eigenvalue weighted by Gasteiger charge is 2.10. The van der Waals surface area contributed by atoms with Crippen LogP contribution in [0.1, 0.15) is 78.1 Å². The minimum absolute atomic E-state index is 0.264. The van der Waals surface area contributed by atoms with Crippen molar-refractivity contribution in [1.29, 1.82) is 0 Å². The highest BCUT2D eigenvalue weighted by molar-refractivity contribution is 5.95. The van der Waals surface area contributed by atoms with Crippen molar-refractivity contribution in [2.75, 3.05) is 0 Å². The van der Waals surface area contributed by atoms with Crippen LogP contribution in [0.2, 0.25) is 0 Å². The van der Waals surface area contributed by atoms with Gasteiger partial charge in [-0.15, -0.1) is 0 Å². The molecule has 0 atom stereocenters. The molecule has 0 unspecified atom stereocenters. The topological polar surface area (TPSA) is 80.7 Å². The summed E-state index contributed by atoms with van der Waals surface area (Å²) in [5.41, 5.74) is 0.264. The number of esters is 2. The molecular weight excluding hydrogens is 308 g/mol. The van der Waals surface area contributed by atoms with Gasteiger partial charge in [-0.05, 0) is 13.3 Å². The van der Waals surface area contributed by atoms with E-state index in [-0.39, 0.29) is 5.57 Å². The molecule has 0 heterocycles. The van der Waals surface area contributed by atoms with Gasteiger partial charge in [-0.3, -0.25) is 4.79 Å². The molecule has 0 aliphatic heterocycles. The summed E-state index contributed by atoms with van der Waals surface area (Å²) < 4.78 is 4.61. The fourth-order valence-corrected chi connectivity index (χ4v) is 1.82. The SMILES string of the molecule is C=C(C)C(=O)OC(=O)CCCCCCCCCCC.C=CC(=O)O. The predicted molar refractivity (Wildman–Crippen MR) is 95.6 cm³/mol.